The molecule has 8 heteroatoms. The van der Waals surface area contributed by atoms with Crippen molar-refractivity contribution in [2.45, 2.75) is 31.2 Å². The molecule has 1 aromatic carbocycles. The number of halogens is 1. The summed E-state index contributed by atoms with van der Waals surface area (Å²) in [7, 11) is -3.79. The summed E-state index contributed by atoms with van der Waals surface area (Å²) in [5.74, 6) is -0.596. The zero-order valence-electron chi connectivity index (χ0n) is 12.9. The van der Waals surface area contributed by atoms with Gasteiger partial charge < -0.3 is 9.73 Å². The van der Waals surface area contributed by atoms with E-state index in [2.05, 4.69) is 10.0 Å². The second-order valence-corrected chi connectivity index (χ2v) is 7.93. The molecular formula is C15H17ClN2O4S. The van der Waals surface area contributed by atoms with E-state index in [9.17, 15) is 13.2 Å². The summed E-state index contributed by atoms with van der Waals surface area (Å²) < 4.78 is 32.5. The van der Waals surface area contributed by atoms with Crippen LogP contribution in [0.5, 0.6) is 0 Å². The summed E-state index contributed by atoms with van der Waals surface area (Å²) in [5.41, 5.74) is -0.494. The maximum atomic E-state index is 12.5. The third-order valence-electron chi connectivity index (χ3n) is 2.66. The van der Waals surface area contributed by atoms with Crippen LogP contribution in [0, 0.1) is 0 Å². The van der Waals surface area contributed by atoms with Gasteiger partial charge in [0.15, 0.2) is 11.0 Å². The Bertz CT molecular complexity index is 822. The maximum absolute atomic E-state index is 12.5. The lowest BCUT2D eigenvalue weighted by Gasteiger charge is -2.21. The highest BCUT2D eigenvalue weighted by Gasteiger charge is 2.25. The van der Waals surface area contributed by atoms with Gasteiger partial charge in [-0.3, -0.25) is 4.79 Å². The number of rotatable bonds is 4. The number of carbonyl (C=O) groups is 1. The van der Waals surface area contributed by atoms with E-state index in [1.165, 1.54) is 24.3 Å². The molecule has 124 valence electrons. The summed E-state index contributed by atoms with van der Waals surface area (Å²) in [6.45, 7) is 5.20. The standard InChI is InChI=1S/C15H17ClN2O4S/c1-15(2,3)18-23(20,21)12-7-5-4-6-10(12)17-14(19)11-8-9-13(16)22-11/h4-9,18H,1-3H3,(H,17,19). The van der Waals surface area contributed by atoms with Gasteiger partial charge in [0, 0.05) is 5.54 Å². The molecule has 1 amide bonds. The van der Waals surface area contributed by atoms with E-state index in [0.29, 0.717) is 0 Å². The average Bonchev–Trinajstić information content (AvgIpc) is 2.83. The first-order chi connectivity index (χ1) is 10.6. The molecule has 0 spiro atoms. The second kappa shape index (κ2) is 6.35. The quantitative estimate of drug-likeness (QED) is 0.880. The van der Waals surface area contributed by atoms with Gasteiger partial charge in [-0.15, -0.1) is 0 Å². The lowest BCUT2D eigenvalue weighted by atomic mass is 10.1. The molecule has 0 aliphatic heterocycles. The Morgan fingerprint density at radius 1 is 1.13 bits per heavy atom. The highest BCUT2D eigenvalue weighted by atomic mass is 35.5. The Morgan fingerprint density at radius 3 is 2.35 bits per heavy atom. The van der Waals surface area contributed by atoms with E-state index in [1.54, 1.807) is 32.9 Å². The molecule has 0 bridgehead atoms. The van der Waals surface area contributed by atoms with Gasteiger partial charge in [-0.25, -0.2) is 13.1 Å². The van der Waals surface area contributed by atoms with Crippen molar-refractivity contribution >= 4 is 33.2 Å². The van der Waals surface area contributed by atoms with Crippen LogP contribution < -0.4 is 10.0 Å². The van der Waals surface area contributed by atoms with E-state index in [1.807, 2.05) is 0 Å². The summed E-state index contributed by atoms with van der Waals surface area (Å²) in [5, 5.41) is 2.60. The highest BCUT2D eigenvalue weighted by Crippen LogP contribution is 2.23. The Balaban J connectivity index is 2.33. The first-order valence-corrected chi connectivity index (χ1v) is 8.64. The van der Waals surface area contributed by atoms with Crippen LogP contribution in [0.2, 0.25) is 5.22 Å². The molecule has 0 fully saturated rings. The van der Waals surface area contributed by atoms with E-state index in [4.69, 9.17) is 16.0 Å². The van der Waals surface area contributed by atoms with Crippen LogP contribution in [0.15, 0.2) is 45.7 Å². The number of sulfonamides is 1. The summed E-state index contributed by atoms with van der Waals surface area (Å²) in [4.78, 5) is 12.1. The fraction of sp³-hybridized carbons (Fsp3) is 0.267. The third-order valence-corrected chi connectivity index (χ3v) is 4.68. The Labute approximate surface area is 139 Å². The number of benzene rings is 1. The molecule has 0 atom stereocenters. The molecule has 0 aliphatic rings. The van der Waals surface area contributed by atoms with E-state index < -0.39 is 21.5 Å². The van der Waals surface area contributed by atoms with Crippen molar-refractivity contribution in [3.8, 4) is 0 Å². The Hall–Kier alpha value is -1.83. The van der Waals surface area contributed by atoms with Crippen LogP contribution in [0.3, 0.4) is 0 Å². The van der Waals surface area contributed by atoms with Crippen LogP contribution in [0.25, 0.3) is 0 Å². The van der Waals surface area contributed by atoms with Gasteiger partial charge in [0.25, 0.3) is 5.91 Å². The van der Waals surface area contributed by atoms with Crippen molar-refractivity contribution in [1.29, 1.82) is 0 Å². The second-order valence-electron chi connectivity index (χ2n) is 5.91. The molecule has 1 heterocycles. The monoisotopic (exact) mass is 356 g/mol. The summed E-state index contributed by atoms with van der Waals surface area (Å²) in [6.07, 6.45) is 0. The van der Waals surface area contributed by atoms with Gasteiger partial charge in [-0.05, 0) is 56.6 Å². The number of hydrogen-bond acceptors (Lipinski definition) is 4. The molecule has 6 nitrogen and oxygen atoms in total. The molecular weight excluding hydrogens is 340 g/mol. The number of carbonyl (C=O) groups excluding carboxylic acids is 1. The highest BCUT2D eigenvalue weighted by molar-refractivity contribution is 7.89. The lowest BCUT2D eigenvalue weighted by molar-refractivity contribution is 0.0996. The van der Waals surface area contributed by atoms with E-state index >= 15 is 0 Å². The van der Waals surface area contributed by atoms with Crippen molar-refractivity contribution in [3.05, 3.63) is 47.4 Å². The molecule has 2 aromatic rings. The summed E-state index contributed by atoms with van der Waals surface area (Å²) >= 11 is 5.63. The minimum Gasteiger partial charge on any atom is -0.440 e. The molecule has 0 aliphatic carbocycles. The zero-order valence-corrected chi connectivity index (χ0v) is 14.5. The maximum Gasteiger partial charge on any atom is 0.291 e. The third kappa shape index (κ3) is 4.57. The van der Waals surface area contributed by atoms with Crippen molar-refractivity contribution in [3.63, 3.8) is 0 Å². The normalized spacial score (nSPS) is 12.2. The fourth-order valence-electron chi connectivity index (χ4n) is 1.88. The van der Waals surface area contributed by atoms with Gasteiger partial charge in [0.2, 0.25) is 10.0 Å². The number of para-hydroxylation sites is 1. The molecule has 23 heavy (non-hydrogen) atoms. The van der Waals surface area contributed by atoms with Crippen molar-refractivity contribution in [1.82, 2.24) is 4.72 Å². The largest absolute Gasteiger partial charge is 0.440 e. The molecule has 2 rings (SSSR count). The van der Waals surface area contributed by atoms with Crippen LogP contribution in [0.1, 0.15) is 31.3 Å². The Kier molecular flexibility index (Phi) is 4.84. The van der Waals surface area contributed by atoms with Crippen molar-refractivity contribution < 1.29 is 17.6 Å². The van der Waals surface area contributed by atoms with Gasteiger partial charge in [-0.1, -0.05) is 12.1 Å². The summed E-state index contributed by atoms with van der Waals surface area (Å²) in [6, 6.07) is 8.96. The minimum absolute atomic E-state index is 0.00835. The number of amides is 1. The number of nitrogens with one attached hydrogen (secondary N) is 2. The molecule has 0 saturated carbocycles. The predicted octanol–water partition coefficient (Wildman–Crippen LogP) is 3.26. The van der Waals surface area contributed by atoms with Crippen LogP contribution >= 0.6 is 11.6 Å². The van der Waals surface area contributed by atoms with Gasteiger partial charge in [-0.2, -0.15) is 0 Å². The number of anilines is 1. The smallest absolute Gasteiger partial charge is 0.291 e. The Morgan fingerprint density at radius 2 is 1.78 bits per heavy atom. The SMILES string of the molecule is CC(C)(C)NS(=O)(=O)c1ccccc1NC(=O)c1ccc(Cl)o1. The first-order valence-electron chi connectivity index (χ1n) is 6.78. The minimum atomic E-state index is -3.79. The first kappa shape index (κ1) is 17.5. The molecule has 1 aromatic heterocycles. The van der Waals surface area contributed by atoms with Crippen LogP contribution in [-0.2, 0) is 10.0 Å². The van der Waals surface area contributed by atoms with Crippen molar-refractivity contribution in [2.75, 3.05) is 5.32 Å². The number of hydrogen-bond donors (Lipinski definition) is 2. The average molecular weight is 357 g/mol. The lowest BCUT2D eigenvalue weighted by Crippen LogP contribution is -2.40. The molecule has 2 N–H and O–H groups in total. The fourth-order valence-corrected chi connectivity index (χ4v) is 3.61. The van der Waals surface area contributed by atoms with Gasteiger partial charge >= 0.3 is 0 Å². The number of furan rings is 1. The molecule has 0 radical (unpaired) electrons. The van der Waals surface area contributed by atoms with Crippen LogP contribution in [-0.4, -0.2) is 19.9 Å². The topological polar surface area (TPSA) is 88.4 Å². The molecule has 0 saturated heterocycles. The molecule has 0 unspecified atom stereocenters. The van der Waals surface area contributed by atoms with Crippen LogP contribution in [0.4, 0.5) is 5.69 Å². The van der Waals surface area contributed by atoms with E-state index in [0.717, 1.165) is 0 Å². The predicted molar refractivity (Wildman–Crippen MR) is 88.2 cm³/mol. The van der Waals surface area contributed by atoms with Crippen molar-refractivity contribution in [2.24, 2.45) is 0 Å². The van der Waals surface area contributed by atoms with E-state index in [-0.39, 0.29) is 21.6 Å². The van der Waals surface area contributed by atoms with Gasteiger partial charge in [0.05, 0.1) is 5.69 Å². The van der Waals surface area contributed by atoms with Gasteiger partial charge in [0.1, 0.15) is 4.90 Å². The zero-order chi connectivity index (χ0) is 17.3.